The van der Waals surface area contributed by atoms with Crippen LogP contribution in [0.25, 0.3) is 11.3 Å². The van der Waals surface area contributed by atoms with Gasteiger partial charge in [-0.3, -0.25) is 0 Å². The van der Waals surface area contributed by atoms with Crippen LogP contribution < -0.4 is 0 Å². The summed E-state index contributed by atoms with van der Waals surface area (Å²) in [6.45, 7) is 1.38. The number of nitrogens with zero attached hydrogens (tertiary/aromatic N) is 1. The quantitative estimate of drug-likeness (QED) is 0.879. The summed E-state index contributed by atoms with van der Waals surface area (Å²) >= 11 is 5.90. The minimum Gasteiger partial charge on any atom is -0.391 e. The second-order valence-electron chi connectivity index (χ2n) is 3.32. The molecule has 2 rings (SSSR count). The van der Waals surface area contributed by atoms with Crippen LogP contribution in [0.2, 0.25) is 5.02 Å². The van der Waals surface area contributed by atoms with Crippen LogP contribution in [0.3, 0.4) is 0 Å². The summed E-state index contributed by atoms with van der Waals surface area (Å²) in [5.74, 6) is -0.0349. The van der Waals surface area contributed by atoms with Gasteiger partial charge in [0.2, 0.25) is 0 Å². The van der Waals surface area contributed by atoms with E-state index in [2.05, 4.69) is 5.16 Å². The van der Waals surface area contributed by atoms with Crippen LogP contribution in [0.15, 0.2) is 22.7 Å². The highest BCUT2D eigenvalue weighted by atomic mass is 35.5. The van der Waals surface area contributed by atoms with Crippen molar-refractivity contribution >= 4 is 11.6 Å². The number of hydrogen-bond acceptors (Lipinski definition) is 3. The predicted octanol–water partition coefficient (Wildman–Crippen LogP) is 2.93. The van der Waals surface area contributed by atoms with E-state index < -0.39 is 5.82 Å². The summed E-state index contributed by atoms with van der Waals surface area (Å²) in [6, 6.07) is 4.35. The Balaban J connectivity index is 2.67. The summed E-state index contributed by atoms with van der Waals surface area (Å²) in [6.07, 6.45) is 0. The van der Waals surface area contributed by atoms with E-state index in [0.29, 0.717) is 11.3 Å². The first-order valence-electron chi connectivity index (χ1n) is 4.65. The number of aryl methyl sites for hydroxylation is 1. The van der Waals surface area contributed by atoms with Gasteiger partial charge in [-0.15, -0.1) is 0 Å². The second kappa shape index (κ2) is 4.23. The Bertz CT molecular complexity index is 504. The van der Waals surface area contributed by atoms with Gasteiger partial charge in [-0.05, 0) is 19.1 Å². The maximum atomic E-state index is 13.6. The molecule has 84 valence electrons. The molecule has 16 heavy (non-hydrogen) atoms. The van der Waals surface area contributed by atoms with E-state index in [-0.39, 0.29) is 22.9 Å². The van der Waals surface area contributed by atoms with Crippen molar-refractivity contribution in [3.63, 3.8) is 0 Å². The van der Waals surface area contributed by atoms with Crippen LogP contribution in [0.5, 0.6) is 0 Å². The second-order valence-corrected chi connectivity index (χ2v) is 3.73. The van der Waals surface area contributed by atoms with Gasteiger partial charge in [-0.1, -0.05) is 22.8 Å². The zero-order chi connectivity index (χ0) is 11.7. The van der Waals surface area contributed by atoms with Crippen LogP contribution >= 0.6 is 11.6 Å². The third-order valence-electron chi connectivity index (χ3n) is 2.34. The maximum Gasteiger partial charge on any atom is 0.139 e. The van der Waals surface area contributed by atoms with E-state index >= 15 is 0 Å². The van der Waals surface area contributed by atoms with E-state index in [1.165, 1.54) is 12.1 Å². The number of aliphatic hydroxyl groups is 1. The standard InChI is InChI=1S/C11H9ClFNO2/c1-6-7(5-15)11(14-16-6)10-8(12)3-2-4-9(10)13/h2-4,15H,5H2,1H3. The molecule has 0 amide bonds. The molecule has 0 radical (unpaired) electrons. The van der Waals surface area contributed by atoms with Crippen molar-refractivity contribution in [2.45, 2.75) is 13.5 Å². The molecule has 0 unspecified atom stereocenters. The van der Waals surface area contributed by atoms with E-state index in [0.717, 1.165) is 0 Å². The van der Waals surface area contributed by atoms with Gasteiger partial charge >= 0.3 is 0 Å². The zero-order valence-electron chi connectivity index (χ0n) is 8.50. The molecule has 0 atom stereocenters. The first-order valence-corrected chi connectivity index (χ1v) is 5.03. The number of rotatable bonds is 2. The molecule has 1 N–H and O–H groups in total. The van der Waals surface area contributed by atoms with Gasteiger partial charge < -0.3 is 9.63 Å². The van der Waals surface area contributed by atoms with Gasteiger partial charge in [0.05, 0.1) is 17.2 Å². The lowest BCUT2D eigenvalue weighted by molar-refractivity contribution is 0.278. The molecular formula is C11H9ClFNO2. The molecule has 0 saturated carbocycles. The minimum absolute atomic E-state index is 0.157. The normalized spacial score (nSPS) is 10.8. The Morgan fingerprint density at radius 2 is 2.25 bits per heavy atom. The number of halogens is 2. The van der Waals surface area contributed by atoms with Crippen molar-refractivity contribution in [2.24, 2.45) is 0 Å². The molecule has 0 aliphatic carbocycles. The Morgan fingerprint density at radius 3 is 2.88 bits per heavy atom. The van der Waals surface area contributed by atoms with Gasteiger partial charge in [0.25, 0.3) is 0 Å². The average molecular weight is 242 g/mol. The number of hydrogen-bond donors (Lipinski definition) is 1. The van der Waals surface area contributed by atoms with Gasteiger partial charge in [0.1, 0.15) is 17.3 Å². The highest BCUT2D eigenvalue weighted by Gasteiger charge is 2.19. The largest absolute Gasteiger partial charge is 0.391 e. The molecule has 1 aromatic carbocycles. The summed E-state index contributed by atoms with van der Waals surface area (Å²) in [5, 5.41) is 13.1. The van der Waals surface area contributed by atoms with Gasteiger partial charge in [0, 0.05) is 5.56 Å². The van der Waals surface area contributed by atoms with Crippen LogP contribution in [0.4, 0.5) is 4.39 Å². The molecular weight excluding hydrogens is 233 g/mol. The Kier molecular flexibility index (Phi) is 2.94. The molecule has 0 aliphatic rings. The molecule has 3 nitrogen and oxygen atoms in total. The van der Waals surface area contributed by atoms with Crippen LogP contribution in [-0.2, 0) is 6.61 Å². The van der Waals surface area contributed by atoms with Crippen LogP contribution in [-0.4, -0.2) is 10.3 Å². The van der Waals surface area contributed by atoms with Crippen molar-refractivity contribution in [1.82, 2.24) is 5.16 Å². The average Bonchev–Trinajstić information content (AvgIpc) is 2.59. The fraction of sp³-hybridized carbons (Fsp3) is 0.182. The molecule has 0 bridgehead atoms. The molecule has 1 aromatic heterocycles. The summed E-state index contributed by atoms with van der Waals surface area (Å²) < 4.78 is 18.5. The summed E-state index contributed by atoms with van der Waals surface area (Å²) in [7, 11) is 0. The number of aliphatic hydroxyl groups excluding tert-OH is 1. The van der Waals surface area contributed by atoms with Crippen molar-refractivity contribution in [3.8, 4) is 11.3 Å². The van der Waals surface area contributed by atoms with Gasteiger partial charge in [-0.25, -0.2) is 4.39 Å². The Morgan fingerprint density at radius 1 is 1.50 bits per heavy atom. The highest BCUT2D eigenvalue weighted by Crippen LogP contribution is 2.33. The first kappa shape index (κ1) is 11.1. The lowest BCUT2D eigenvalue weighted by atomic mass is 10.1. The van der Waals surface area contributed by atoms with Gasteiger partial charge in [-0.2, -0.15) is 0 Å². The molecule has 5 heteroatoms. The number of benzene rings is 1. The summed E-state index contributed by atoms with van der Waals surface area (Å²) in [4.78, 5) is 0. The molecule has 0 saturated heterocycles. The van der Waals surface area contributed by atoms with E-state index in [1.54, 1.807) is 13.0 Å². The lowest BCUT2D eigenvalue weighted by Crippen LogP contribution is -1.92. The SMILES string of the molecule is Cc1onc(-c2c(F)cccc2Cl)c1CO. The Labute approximate surface area is 96.4 Å². The zero-order valence-corrected chi connectivity index (χ0v) is 9.25. The molecule has 1 heterocycles. The predicted molar refractivity (Wildman–Crippen MR) is 57.6 cm³/mol. The topological polar surface area (TPSA) is 46.3 Å². The molecule has 0 fully saturated rings. The minimum atomic E-state index is -0.490. The van der Waals surface area contributed by atoms with Crippen molar-refractivity contribution in [2.75, 3.05) is 0 Å². The maximum absolute atomic E-state index is 13.6. The Hall–Kier alpha value is -1.39. The third kappa shape index (κ3) is 1.70. The fourth-order valence-electron chi connectivity index (χ4n) is 1.50. The van der Waals surface area contributed by atoms with E-state index in [1.807, 2.05) is 0 Å². The van der Waals surface area contributed by atoms with Crippen LogP contribution in [0.1, 0.15) is 11.3 Å². The van der Waals surface area contributed by atoms with Gasteiger partial charge in [0.15, 0.2) is 0 Å². The van der Waals surface area contributed by atoms with Crippen molar-refractivity contribution in [1.29, 1.82) is 0 Å². The van der Waals surface area contributed by atoms with E-state index in [4.69, 9.17) is 21.2 Å². The molecule has 0 spiro atoms. The summed E-state index contributed by atoms with van der Waals surface area (Å²) in [5.41, 5.74) is 0.861. The third-order valence-corrected chi connectivity index (χ3v) is 2.66. The molecule has 0 aliphatic heterocycles. The van der Waals surface area contributed by atoms with Crippen molar-refractivity contribution < 1.29 is 14.0 Å². The molecule has 2 aromatic rings. The monoisotopic (exact) mass is 241 g/mol. The van der Waals surface area contributed by atoms with Crippen LogP contribution in [0, 0.1) is 12.7 Å². The smallest absolute Gasteiger partial charge is 0.139 e. The number of aromatic nitrogens is 1. The van der Waals surface area contributed by atoms with E-state index in [9.17, 15) is 4.39 Å². The highest BCUT2D eigenvalue weighted by molar-refractivity contribution is 6.33. The first-order chi connectivity index (χ1) is 7.65. The van der Waals surface area contributed by atoms with Crippen molar-refractivity contribution in [3.05, 3.63) is 40.4 Å². The lowest BCUT2D eigenvalue weighted by Gasteiger charge is -2.03. The fourth-order valence-corrected chi connectivity index (χ4v) is 1.75.